The average Bonchev–Trinajstić information content (AvgIpc) is 3.17. The molecule has 150 valence electrons. The van der Waals surface area contributed by atoms with Gasteiger partial charge in [0.05, 0.1) is 18.0 Å². The topological polar surface area (TPSA) is 20.3 Å². The number of fused-ring (bicyclic) bond motifs is 1. The Balaban J connectivity index is 1.66. The van der Waals surface area contributed by atoms with Crippen molar-refractivity contribution in [3.63, 3.8) is 0 Å². The van der Waals surface area contributed by atoms with Crippen LogP contribution in [0.2, 0.25) is 0 Å². The van der Waals surface area contributed by atoms with Crippen molar-refractivity contribution in [1.29, 1.82) is 0 Å². The van der Waals surface area contributed by atoms with Crippen LogP contribution in [-0.2, 0) is 23.8 Å². The minimum absolute atomic E-state index is 0.108. The highest BCUT2D eigenvalue weighted by molar-refractivity contribution is 7.10. The van der Waals surface area contributed by atoms with Gasteiger partial charge in [0.2, 0.25) is 5.91 Å². The molecule has 1 aromatic heterocycles. The number of hydrogen-bond donors (Lipinski definition) is 0. The van der Waals surface area contributed by atoms with Crippen LogP contribution in [-0.4, -0.2) is 17.4 Å². The van der Waals surface area contributed by atoms with Crippen molar-refractivity contribution in [1.82, 2.24) is 4.90 Å². The first kappa shape index (κ1) is 19.6. The maximum absolute atomic E-state index is 13.1. The van der Waals surface area contributed by atoms with Gasteiger partial charge in [-0.2, -0.15) is 13.2 Å². The van der Waals surface area contributed by atoms with Gasteiger partial charge >= 0.3 is 6.18 Å². The molecule has 0 fully saturated rings. The monoisotopic (exact) mass is 419 g/mol. The van der Waals surface area contributed by atoms with Crippen molar-refractivity contribution in [2.45, 2.75) is 25.1 Å². The lowest BCUT2D eigenvalue weighted by molar-refractivity contribution is -0.137. The molecular formula is C22H17F4NOS. The van der Waals surface area contributed by atoms with Gasteiger partial charge in [0.25, 0.3) is 0 Å². The molecule has 0 aliphatic carbocycles. The minimum atomic E-state index is -4.41. The summed E-state index contributed by atoms with van der Waals surface area (Å²) in [7, 11) is 0. The lowest BCUT2D eigenvalue weighted by atomic mass is 9.92. The molecule has 7 heteroatoms. The van der Waals surface area contributed by atoms with E-state index in [1.165, 1.54) is 24.3 Å². The first-order chi connectivity index (χ1) is 13.8. The van der Waals surface area contributed by atoms with Crippen LogP contribution in [0.5, 0.6) is 0 Å². The molecule has 2 aromatic carbocycles. The molecule has 3 aromatic rings. The highest BCUT2D eigenvalue weighted by Gasteiger charge is 2.34. The quantitative estimate of drug-likeness (QED) is 0.505. The predicted molar refractivity (Wildman–Crippen MR) is 103 cm³/mol. The van der Waals surface area contributed by atoms with E-state index in [4.69, 9.17) is 0 Å². The van der Waals surface area contributed by atoms with E-state index in [9.17, 15) is 22.4 Å². The third-order valence-corrected chi connectivity index (χ3v) is 6.11. The lowest BCUT2D eigenvalue weighted by Crippen LogP contribution is -2.40. The van der Waals surface area contributed by atoms with Gasteiger partial charge in [-0.05, 0) is 58.8 Å². The van der Waals surface area contributed by atoms with Crippen LogP contribution in [0.4, 0.5) is 17.6 Å². The molecule has 0 spiro atoms. The molecule has 2 nitrogen and oxygen atoms in total. The number of thiophene rings is 1. The van der Waals surface area contributed by atoms with E-state index in [0.29, 0.717) is 24.1 Å². The van der Waals surface area contributed by atoms with Gasteiger partial charge in [-0.3, -0.25) is 4.79 Å². The number of carbonyl (C=O) groups is 1. The van der Waals surface area contributed by atoms with Gasteiger partial charge < -0.3 is 4.90 Å². The Morgan fingerprint density at radius 2 is 1.72 bits per heavy atom. The Morgan fingerprint density at radius 1 is 1.03 bits per heavy atom. The van der Waals surface area contributed by atoms with Crippen LogP contribution in [0, 0.1) is 5.82 Å². The number of amides is 1. The first-order valence-corrected chi connectivity index (χ1v) is 9.98. The lowest BCUT2D eigenvalue weighted by Gasteiger charge is -2.36. The van der Waals surface area contributed by atoms with Gasteiger partial charge in [-0.15, -0.1) is 11.3 Å². The fourth-order valence-corrected chi connectivity index (χ4v) is 4.58. The van der Waals surface area contributed by atoms with Crippen LogP contribution in [0.3, 0.4) is 0 Å². The van der Waals surface area contributed by atoms with E-state index in [1.54, 1.807) is 28.4 Å². The summed E-state index contributed by atoms with van der Waals surface area (Å²) in [6.45, 7) is 0.485. The highest BCUT2D eigenvalue weighted by atomic mass is 32.1. The summed E-state index contributed by atoms with van der Waals surface area (Å²) in [5, 5.41) is 1.94. The Hall–Kier alpha value is -2.67. The van der Waals surface area contributed by atoms with E-state index in [0.717, 1.165) is 22.6 Å². The van der Waals surface area contributed by atoms with Gasteiger partial charge in [0.1, 0.15) is 5.82 Å². The summed E-state index contributed by atoms with van der Waals surface area (Å²) in [5.41, 5.74) is 1.57. The Morgan fingerprint density at radius 3 is 2.38 bits per heavy atom. The van der Waals surface area contributed by atoms with E-state index < -0.39 is 17.8 Å². The number of benzene rings is 2. The van der Waals surface area contributed by atoms with Gasteiger partial charge in [0.15, 0.2) is 0 Å². The van der Waals surface area contributed by atoms with Crippen LogP contribution in [0.15, 0.2) is 60.0 Å². The molecule has 1 amide bonds. The summed E-state index contributed by atoms with van der Waals surface area (Å²) >= 11 is 1.59. The highest BCUT2D eigenvalue weighted by Crippen LogP contribution is 2.39. The molecule has 1 aliphatic heterocycles. The molecule has 0 bridgehead atoms. The summed E-state index contributed by atoms with van der Waals surface area (Å²) < 4.78 is 51.9. The Bertz CT molecular complexity index is 1010. The molecular weight excluding hydrogens is 402 g/mol. The SMILES string of the molecule is O=C(Cc1ccc(F)cc1)N1CCc2sccc2C1c1ccc(C(F)(F)F)cc1. The Labute approximate surface area is 169 Å². The zero-order valence-corrected chi connectivity index (χ0v) is 16.1. The first-order valence-electron chi connectivity index (χ1n) is 9.10. The van der Waals surface area contributed by atoms with Crippen molar-refractivity contribution in [2.75, 3.05) is 6.54 Å². The number of nitrogens with zero attached hydrogens (tertiary/aromatic N) is 1. The van der Waals surface area contributed by atoms with Crippen LogP contribution >= 0.6 is 11.3 Å². The molecule has 1 atom stereocenters. The van der Waals surface area contributed by atoms with Crippen LogP contribution < -0.4 is 0 Å². The summed E-state index contributed by atoms with van der Waals surface area (Å²) in [5.74, 6) is -0.511. The molecule has 1 unspecified atom stereocenters. The van der Waals surface area contributed by atoms with Crippen molar-refractivity contribution in [2.24, 2.45) is 0 Å². The standard InChI is InChI=1S/C22H17F4NOS/c23-17-7-1-14(2-8-17)13-20(28)27-11-9-19-18(10-12-29-19)21(27)15-3-5-16(6-4-15)22(24,25)26/h1-8,10,12,21H,9,11,13H2. The number of hydrogen-bond acceptors (Lipinski definition) is 2. The fourth-order valence-electron chi connectivity index (χ4n) is 3.68. The molecule has 29 heavy (non-hydrogen) atoms. The molecule has 0 N–H and O–H groups in total. The van der Waals surface area contributed by atoms with E-state index in [-0.39, 0.29) is 18.1 Å². The molecule has 0 radical (unpaired) electrons. The van der Waals surface area contributed by atoms with E-state index in [1.807, 2.05) is 11.4 Å². The zero-order chi connectivity index (χ0) is 20.6. The second-order valence-electron chi connectivity index (χ2n) is 6.96. The van der Waals surface area contributed by atoms with Crippen molar-refractivity contribution in [3.05, 3.63) is 92.9 Å². The molecule has 2 heterocycles. The molecule has 0 saturated carbocycles. The van der Waals surface area contributed by atoms with Crippen molar-refractivity contribution in [3.8, 4) is 0 Å². The average molecular weight is 419 g/mol. The number of rotatable bonds is 3. The third kappa shape index (κ3) is 4.05. The largest absolute Gasteiger partial charge is 0.416 e. The summed E-state index contributed by atoms with van der Waals surface area (Å²) in [6, 6.07) is 12.3. The zero-order valence-electron chi connectivity index (χ0n) is 15.2. The van der Waals surface area contributed by atoms with Crippen molar-refractivity contribution >= 4 is 17.2 Å². The summed E-state index contributed by atoms with van der Waals surface area (Å²) in [4.78, 5) is 15.9. The maximum atomic E-state index is 13.1. The number of halogens is 4. The third-order valence-electron chi connectivity index (χ3n) is 5.11. The van der Waals surface area contributed by atoms with E-state index >= 15 is 0 Å². The normalized spacial score (nSPS) is 16.6. The van der Waals surface area contributed by atoms with Gasteiger partial charge in [0, 0.05) is 11.4 Å². The summed E-state index contributed by atoms with van der Waals surface area (Å²) in [6.07, 6.45) is -3.59. The van der Waals surface area contributed by atoms with E-state index in [2.05, 4.69) is 0 Å². The number of carbonyl (C=O) groups excluding carboxylic acids is 1. The van der Waals surface area contributed by atoms with Crippen molar-refractivity contribution < 1.29 is 22.4 Å². The minimum Gasteiger partial charge on any atom is -0.331 e. The smallest absolute Gasteiger partial charge is 0.331 e. The maximum Gasteiger partial charge on any atom is 0.416 e. The second kappa shape index (κ2) is 7.63. The van der Waals surface area contributed by atoms with Crippen LogP contribution in [0.1, 0.15) is 33.2 Å². The van der Waals surface area contributed by atoms with Gasteiger partial charge in [-0.25, -0.2) is 4.39 Å². The fraction of sp³-hybridized carbons (Fsp3) is 0.227. The Kier molecular flexibility index (Phi) is 5.17. The molecule has 1 aliphatic rings. The second-order valence-corrected chi connectivity index (χ2v) is 7.96. The molecule has 4 rings (SSSR count). The predicted octanol–water partition coefficient (Wildman–Crippen LogP) is 5.62. The molecule has 0 saturated heterocycles. The number of alkyl halides is 3. The van der Waals surface area contributed by atoms with Crippen LogP contribution in [0.25, 0.3) is 0 Å². The van der Waals surface area contributed by atoms with Gasteiger partial charge in [-0.1, -0.05) is 24.3 Å².